The largest absolute Gasteiger partial charge is 0.497 e. The Kier molecular flexibility index (Phi) is 8.41. The van der Waals surface area contributed by atoms with Crippen LogP contribution in [0.2, 0.25) is 0 Å². The molecule has 3 rings (SSSR count). The Morgan fingerprint density at radius 1 is 1.16 bits per heavy atom. The maximum Gasteiger partial charge on any atom is 0.191 e. The first-order chi connectivity index (χ1) is 15.1. The second-order valence-electron chi connectivity index (χ2n) is 7.63. The molecule has 7 heteroatoms. The predicted octanol–water partition coefficient (Wildman–Crippen LogP) is 3.30. The van der Waals surface area contributed by atoms with E-state index < -0.39 is 0 Å². The predicted molar refractivity (Wildman–Crippen MR) is 122 cm³/mol. The van der Waals surface area contributed by atoms with Crippen LogP contribution >= 0.6 is 0 Å². The first-order valence-corrected chi connectivity index (χ1v) is 10.7. The molecule has 2 unspecified atom stereocenters. The molecular formula is C24H33N3O4. The maximum absolute atomic E-state index is 6.18. The van der Waals surface area contributed by atoms with Gasteiger partial charge in [-0.15, -0.1) is 0 Å². The van der Waals surface area contributed by atoms with Crippen molar-refractivity contribution < 1.29 is 18.9 Å². The third kappa shape index (κ3) is 7.07. The van der Waals surface area contributed by atoms with Crippen LogP contribution in [0.1, 0.15) is 24.5 Å². The first kappa shape index (κ1) is 22.7. The molecular weight excluding hydrogens is 394 g/mol. The van der Waals surface area contributed by atoms with E-state index in [0.29, 0.717) is 25.7 Å². The minimum atomic E-state index is -0.0346. The zero-order valence-electron chi connectivity index (χ0n) is 18.8. The highest BCUT2D eigenvalue weighted by Crippen LogP contribution is 2.24. The van der Waals surface area contributed by atoms with E-state index in [1.807, 2.05) is 31.2 Å². The molecule has 1 heterocycles. The van der Waals surface area contributed by atoms with E-state index in [1.54, 1.807) is 14.2 Å². The van der Waals surface area contributed by atoms with Crippen LogP contribution in [0, 0.1) is 6.92 Å². The summed E-state index contributed by atoms with van der Waals surface area (Å²) in [4.78, 5) is 4.32. The number of aliphatic imine (C=N–C) groups is 1. The normalized spacial score (nSPS) is 17.2. The fourth-order valence-corrected chi connectivity index (χ4v) is 3.27. The fraction of sp³-hybridized carbons (Fsp3) is 0.458. The maximum atomic E-state index is 6.18. The van der Waals surface area contributed by atoms with E-state index in [-0.39, 0.29) is 12.2 Å². The monoisotopic (exact) mass is 427 g/mol. The second kappa shape index (κ2) is 11.5. The van der Waals surface area contributed by atoms with Crippen molar-refractivity contribution in [2.24, 2.45) is 4.99 Å². The van der Waals surface area contributed by atoms with E-state index in [0.717, 1.165) is 35.8 Å². The van der Waals surface area contributed by atoms with Crippen molar-refractivity contribution >= 4 is 5.96 Å². The molecule has 168 valence electrons. The molecule has 1 aliphatic heterocycles. The molecule has 0 bridgehead atoms. The van der Waals surface area contributed by atoms with Crippen LogP contribution in [-0.2, 0) is 11.3 Å². The lowest BCUT2D eigenvalue weighted by atomic mass is 10.1. The highest BCUT2D eigenvalue weighted by Gasteiger charge is 2.19. The molecule has 7 nitrogen and oxygen atoms in total. The first-order valence-electron chi connectivity index (χ1n) is 10.7. The SMILES string of the molecule is CN=C(NCc1ccc(C)cc1OC1CCOC1)NCC(C)Oc1ccc(OC)cc1. The molecule has 1 fully saturated rings. The lowest BCUT2D eigenvalue weighted by Gasteiger charge is -2.19. The smallest absolute Gasteiger partial charge is 0.191 e. The molecule has 0 saturated carbocycles. The number of hydrogen-bond donors (Lipinski definition) is 2. The summed E-state index contributed by atoms with van der Waals surface area (Å²) in [6, 6.07) is 13.8. The van der Waals surface area contributed by atoms with E-state index in [4.69, 9.17) is 18.9 Å². The standard InChI is InChI=1S/C24H33N3O4/c1-17-5-6-19(23(13-17)31-22-11-12-29-16-22)15-27-24(25-3)26-14-18(2)30-21-9-7-20(28-4)8-10-21/h5-10,13,18,22H,11-12,14-16H2,1-4H3,(H2,25,26,27). The molecule has 0 spiro atoms. The summed E-state index contributed by atoms with van der Waals surface area (Å²) in [5, 5.41) is 6.67. The lowest BCUT2D eigenvalue weighted by Crippen LogP contribution is -2.41. The quantitative estimate of drug-likeness (QED) is 0.473. The number of nitrogens with one attached hydrogen (secondary N) is 2. The Morgan fingerprint density at radius 3 is 2.61 bits per heavy atom. The molecule has 31 heavy (non-hydrogen) atoms. The highest BCUT2D eigenvalue weighted by atomic mass is 16.5. The summed E-state index contributed by atoms with van der Waals surface area (Å²) in [6.07, 6.45) is 1.01. The number of rotatable bonds is 9. The molecule has 1 saturated heterocycles. The van der Waals surface area contributed by atoms with Gasteiger partial charge in [-0.05, 0) is 49.7 Å². The molecule has 1 aliphatic rings. The number of guanidine groups is 1. The van der Waals surface area contributed by atoms with Crippen molar-refractivity contribution in [3.8, 4) is 17.2 Å². The fourth-order valence-electron chi connectivity index (χ4n) is 3.27. The molecule has 0 amide bonds. The zero-order valence-corrected chi connectivity index (χ0v) is 18.8. The second-order valence-corrected chi connectivity index (χ2v) is 7.63. The Morgan fingerprint density at radius 2 is 1.94 bits per heavy atom. The summed E-state index contributed by atoms with van der Waals surface area (Å²) >= 11 is 0. The molecule has 2 atom stereocenters. The third-order valence-corrected chi connectivity index (χ3v) is 5.03. The minimum Gasteiger partial charge on any atom is -0.497 e. The van der Waals surface area contributed by atoms with Gasteiger partial charge < -0.3 is 29.6 Å². The van der Waals surface area contributed by atoms with E-state index >= 15 is 0 Å². The van der Waals surface area contributed by atoms with Crippen molar-refractivity contribution in [2.75, 3.05) is 33.9 Å². The van der Waals surface area contributed by atoms with Gasteiger partial charge in [0.25, 0.3) is 0 Å². The van der Waals surface area contributed by atoms with Crippen molar-refractivity contribution in [1.29, 1.82) is 0 Å². The van der Waals surface area contributed by atoms with Gasteiger partial charge in [0.05, 0.1) is 26.9 Å². The number of benzene rings is 2. The lowest BCUT2D eigenvalue weighted by molar-refractivity contribution is 0.140. The van der Waals surface area contributed by atoms with Crippen molar-refractivity contribution in [1.82, 2.24) is 10.6 Å². The Bertz CT molecular complexity index is 848. The summed E-state index contributed by atoms with van der Waals surface area (Å²) in [5.74, 6) is 3.22. The molecule has 0 aliphatic carbocycles. The van der Waals surface area contributed by atoms with Crippen LogP contribution in [0.5, 0.6) is 17.2 Å². The molecule has 2 aromatic carbocycles. The Balaban J connectivity index is 1.49. The van der Waals surface area contributed by atoms with Gasteiger partial charge in [0.2, 0.25) is 0 Å². The number of ether oxygens (including phenoxy) is 4. The van der Waals surface area contributed by atoms with E-state index in [2.05, 4.69) is 40.7 Å². The Labute approximate surface area is 184 Å². The Hall–Kier alpha value is -2.93. The molecule has 0 aromatic heterocycles. The van der Waals surface area contributed by atoms with Crippen molar-refractivity contribution in [2.45, 2.75) is 39.0 Å². The van der Waals surface area contributed by atoms with E-state index in [1.165, 1.54) is 5.56 Å². The van der Waals surface area contributed by atoms with Gasteiger partial charge in [-0.2, -0.15) is 0 Å². The van der Waals surface area contributed by atoms with E-state index in [9.17, 15) is 0 Å². The van der Waals surface area contributed by atoms with Gasteiger partial charge in [-0.1, -0.05) is 12.1 Å². The summed E-state index contributed by atoms with van der Waals surface area (Å²) in [6.45, 7) is 6.71. The van der Waals surface area contributed by atoms with Gasteiger partial charge in [-0.3, -0.25) is 4.99 Å². The number of nitrogens with zero attached hydrogens (tertiary/aromatic N) is 1. The molecule has 2 N–H and O–H groups in total. The number of aryl methyl sites for hydroxylation is 1. The topological polar surface area (TPSA) is 73.3 Å². The average Bonchev–Trinajstić information content (AvgIpc) is 3.28. The van der Waals surface area contributed by atoms with Gasteiger partial charge in [0, 0.05) is 25.6 Å². The minimum absolute atomic E-state index is 0.0346. The van der Waals surface area contributed by atoms with Crippen LogP contribution in [0.3, 0.4) is 0 Å². The molecule has 2 aromatic rings. The summed E-state index contributed by atoms with van der Waals surface area (Å²) in [7, 11) is 3.41. The van der Waals surface area contributed by atoms with Crippen molar-refractivity contribution in [3.05, 3.63) is 53.6 Å². The summed E-state index contributed by atoms with van der Waals surface area (Å²) in [5.41, 5.74) is 2.26. The van der Waals surface area contributed by atoms with Crippen LogP contribution in [0.15, 0.2) is 47.5 Å². The van der Waals surface area contributed by atoms with Gasteiger partial charge in [-0.25, -0.2) is 0 Å². The van der Waals surface area contributed by atoms with Gasteiger partial charge in [0.15, 0.2) is 5.96 Å². The van der Waals surface area contributed by atoms with Crippen molar-refractivity contribution in [3.63, 3.8) is 0 Å². The molecule has 0 radical (unpaired) electrons. The van der Waals surface area contributed by atoms with Crippen LogP contribution < -0.4 is 24.8 Å². The van der Waals surface area contributed by atoms with Gasteiger partial charge in [0.1, 0.15) is 29.5 Å². The number of hydrogen-bond acceptors (Lipinski definition) is 5. The van der Waals surface area contributed by atoms with Crippen LogP contribution in [0.4, 0.5) is 0 Å². The van der Waals surface area contributed by atoms with Crippen LogP contribution in [-0.4, -0.2) is 52.1 Å². The zero-order chi connectivity index (χ0) is 22.1. The third-order valence-electron chi connectivity index (χ3n) is 5.03. The highest BCUT2D eigenvalue weighted by molar-refractivity contribution is 5.79. The average molecular weight is 428 g/mol. The summed E-state index contributed by atoms with van der Waals surface area (Å²) < 4.78 is 22.7. The van der Waals surface area contributed by atoms with Gasteiger partial charge >= 0.3 is 0 Å². The number of methoxy groups -OCH3 is 1. The van der Waals surface area contributed by atoms with Crippen LogP contribution in [0.25, 0.3) is 0 Å².